The molecule has 0 saturated carbocycles. The van der Waals surface area contributed by atoms with Crippen LogP contribution in [0.2, 0.25) is 0 Å². The molecular weight excluding hydrogens is 542 g/mol. The lowest BCUT2D eigenvalue weighted by atomic mass is 10.0. The molecule has 0 spiro atoms. The number of β-lactam (4-membered cyclic amide) rings is 1. The highest BCUT2D eigenvalue weighted by atomic mass is 32.2. The molecule has 0 aliphatic carbocycles. The number of hydrogen-bond acceptors (Lipinski definition) is 11. The molecule has 4 rings (SSSR count). The normalized spacial score (nSPS) is 20.2. The fraction of sp³-hybridized carbons (Fsp3) is 0.400. The number of carboxylic acid groups (broad SMARTS) is 1. The molecule has 0 radical (unpaired) electrons. The van der Waals surface area contributed by atoms with Gasteiger partial charge in [0, 0.05) is 23.4 Å². The molecule has 2 aliphatic heterocycles. The molecule has 4 amide bonds. The molecule has 2 aromatic rings. The molecule has 194 valence electrons. The first-order chi connectivity index (χ1) is 17.7. The van der Waals surface area contributed by atoms with Crippen molar-refractivity contribution in [3.05, 3.63) is 33.7 Å². The zero-order valence-corrected chi connectivity index (χ0v) is 21.9. The Hall–Kier alpha value is -3.62. The average molecular weight is 564 g/mol. The maximum atomic E-state index is 13.2. The van der Waals surface area contributed by atoms with Crippen LogP contribution < -0.4 is 16.0 Å². The Labute approximate surface area is 222 Å². The Morgan fingerprint density at radius 2 is 2.16 bits per heavy atom. The zero-order chi connectivity index (χ0) is 26.7. The van der Waals surface area contributed by atoms with Gasteiger partial charge in [-0.2, -0.15) is 5.26 Å². The van der Waals surface area contributed by atoms with Crippen LogP contribution >= 0.6 is 34.9 Å². The van der Waals surface area contributed by atoms with Gasteiger partial charge in [-0.05, 0) is 34.4 Å². The minimum absolute atomic E-state index is 0.111. The van der Waals surface area contributed by atoms with Crippen LogP contribution in [-0.2, 0) is 21.4 Å². The number of urea groups is 1. The van der Waals surface area contributed by atoms with Crippen LogP contribution in [0.25, 0.3) is 0 Å². The summed E-state index contributed by atoms with van der Waals surface area (Å²) >= 11 is 3.83. The van der Waals surface area contributed by atoms with E-state index in [1.165, 1.54) is 51.4 Å². The summed E-state index contributed by atoms with van der Waals surface area (Å²) in [5.74, 6) is -1.81. The number of thiophene rings is 1. The SMILES string of the molecule is CC(C#N)NC(=O)NC(C(=O)N[C@H]1C(=O)N2C(C(=O)O)=C(CSc3nnnn3C)CSC12)c1cccs1. The second-order valence-corrected chi connectivity index (χ2v) is 11.0. The number of amides is 4. The van der Waals surface area contributed by atoms with E-state index in [0.29, 0.717) is 21.4 Å². The third kappa shape index (κ3) is 5.55. The first kappa shape index (κ1) is 26.4. The van der Waals surface area contributed by atoms with Crippen LogP contribution in [0.15, 0.2) is 33.9 Å². The monoisotopic (exact) mass is 563 g/mol. The quantitative estimate of drug-likeness (QED) is 0.238. The number of nitrogens with one attached hydrogen (secondary N) is 3. The van der Waals surface area contributed by atoms with E-state index in [9.17, 15) is 24.3 Å². The Bertz CT molecular complexity index is 1290. The standard InChI is InChI=1S/C20H21N9O5S3/c1-9(6-21)22-19(34)24-12(11-4-3-5-35-11)15(30)23-13-16(31)29-14(18(32)33)10(7-36-17(13)29)8-37-20-25-26-27-28(20)2/h3-5,9,12-13,17H,7-8H2,1-2H3,(H,23,30)(H,32,33)(H2,22,24,34)/t9?,12?,13-,17?/m0/s1. The summed E-state index contributed by atoms with van der Waals surface area (Å²) in [6.07, 6.45) is 0. The summed E-state index contributed by atoms with van der Waals surface area (Å²) in [5.41, 5.74) is 0.431. The maximum Gasteiger partial charge on any atom is 0.352 e. The van der Waals surface area contributed by atoms with Crippen LogP contribution in [0.3, 0.4) is 0 Å². The smallest absolute Gasteiger partial charge is 0.352 e. The molecule has 3 unspecified atom stereocenters. The van der Waals surface area contributed by atoms with Crippen LogP contribution in [0.4, 0.5) is 4.79 Å². The Balaban J connectivity index is 1.46. The van der Waals surface area contributed by atoms with Crippen molar-refractivity contribution in [2.45, 2.75) is 35.6 Å². The summed E-state index contributed by atoms with van der Waals surface area (Å²) in [5, 5.41) is 39.2. The average Bonchev–Trinajstić information content (AvgIpc) is 3.55. The predicted octanol–water partition coefficient (Wildman–Crippen LogP) is 0.0549. The van der Waals surface area contributed by atoms with Gasteiger partial charge >= 0.3 is 12.0 Å². The summed E-state index contributed by atoms with van der Waals surface area (Å²) < 4.78 is 1.46. The molecule has 1 saturated heterocycles. The van der Waals surface area contributed by atoms with E-state index in [1.54, 1.807) is 24.6 Å². The van der Waals surface area contributed by atoms with Crippen molar-refractivity contribution < 1.29 is 24.3 Å². The lowest BCUT2D eigenvalue weighted by Gasteiger charge is -2.49. The largest absolute Gasteiger partial charge is 0.477 e. The van der Waals surface area contributed by atoms with Crippen LogP contribution in [0, 0.1) is 11.3 Å². The topological polar surface area (TPSA) is 195 Å². The third-order valence-electron chi connectivity index (χ3n) is 5.41. The number of rotatable bonds is 9. The Morgan fingerprint density at radius 3 is 2.78 bits per heavy atom. The van der Waals surface area contributed by atoms with Crippen molar-refractivity contribution >= 4 is 58.7 Å². The van der Waals surface area contributed by atoms with Crippen molar-refractivity contribution in [3.63, 3.8) is 0 Å². The number of carbonyl (C=O) groups excluding carboxylic acids is 3. The number of fused-ring (bicyclic) bond motifs is 1. The van der Waals surface area contributed by atoms with Crippen molar-refractivity contribution in [3.8, 4) is 6.07 Å². The lowest BCUT2D eigenvalue weighted by molar-refractivity contribution is -0.150. The summed E-state index contributed by atoms with van der Waals surface area (Å²) in [6.45, 7) is 1.49. The number of hydrogen-bond donors (Lipinski definition) is 4. The second-order valence-electron chi connectivity index (χ2n) is 7.94. The first-order valence-corrected chi connectivity index (χ1v) is 13.7. The molecule has 0 aromatic carbocycles. The van der Waals surface area contributed by atoms with E-state index in [-0.39, 0.29) is 11.4 Å². The van der Waals surface area contributed by atoms with E-state index in [2.05, 4.69) is 31.5 Å². The highest BCUT2D eigenvalue weighted by Gasteiger charge is 2.54. The van der Waals surface area contributed by atoms with Gasteiger partial charge in [-0.25, -0.2) is 14.3 Å². The molecule has 2 aliphatic rings. The zero-order valence-electron chi connectivity index (χ0n) is 19.4. The van der Waals surface area contributed by atoms with Gasteiger partial charge in [0.05, 0.1) is 6.07 Å². The Kier molecular flexibility index (Phi) is 8.00. The number of aliphatic carboxylic acids is 1. The molecule has 2 aromatic heterocycles. The van der Waals surface area contributed by atoms with Crippen molar-refractivity contribution in [2.75, 3.05) is 11.5 Å². The number of nitriles is 1. The van der Waals surface area contributed by atoms with Gasteiger partial charge in [-0.1, -0.05) is 17.8 Å². The van der Waals surface area contributed by atoms with Crippen molar-refractivity contribution in [1.29, 1.82) is 5.26 Å². The predicted molar refractivity (Wildman–Crippen MR) is 133 cm³/mol. The number of aromatic nitrogens is 4. The lowest BCUT2D eigenvalue weighted by Crippen LogP contribution is -2.71. The number of aryl methyl sites for hydroxylation is 1. The third-order valence-corrected chi connectivity index (χ3v) is 8.78. The second kappa shape index (κ2) is 11.2. The van der Waals surface area contributed by atoms with Gasteiger partial charge in [0.25, 0.3) is 5.91 Å². The van der Waals surface area contributed by atoms with Crippen LogP contribution in [0.5, 0.6) is 0 Å². The van der Waals surface area contributed by atoms with Gasteiger partial charge in [0.15, 0.2) is 0 Å². The Morgan fingerprint density at radius 1 is 1.38 bits per heavy atom. The minimum atomic E-state index is -1.24. The van der Waals surface area contributed by atoms with Gasteiger partial charge in [-0.3, -0.25) is 14.5 Å². The van der Waals surface area contributed by atoms with E-state index in [4.69, 9.17) is 5.26 Å². The summed E-state index contributed by atoms with van der Waals surface area (Å²) in [4.78, 5) is 52.3. The van der Waals surface area contributed by atoms with Crippen molar-refractivity contribution in [2.24, 2.45) is 7.05 Å². The number of carbonyl (C=O) groups is 4. The van der Waals surface area contributed by atoms with Gasteiger partial charge in [-0.15, -0.1) is 28.2 Å². The molecule has 14 nitrogen and oxygen atoms in total. The number of tetrazole rings is 1. The maximum absolute atomic E-state index is 13.2. The van der Waals surface area contributed by atoms with Gasteiger partial charge in [0.2, 0.25) is 11.1 Å². The molecule has 4 heterocycles. The summed E-state index contributed by atoms with van der Waals surface area (Å²) in [6, 6.07) is 1.69. The fourth-order valence-electron chi connectivity index (χ4n) is 3.65. The van der Waals surface area contributed by atoms with E-state index >= 15 is 0 Å². The number of nitrogens with zero attached hydrogens (tertiary/aromatic N) is 6. The molecule has 4 N–H and O–H groups in total. The fourth-order valence-corrected chi connectivity index (χ4v) is 6.76. The number of carboxylic acids is 1. The van der Waals surface area contributed by atoms with E-state index < -0.39 is 47.3 Å². The van der Waals surface area contributed by atoms with E-state index in [1.807, 2.05) is 6.07 Å². The summed E-state index contributed by atoms with van der Waals surface area (Å²) in [7, 11) is 1.67. The van der Waals surface area contributed by atoms with Gasteiger partial charge < -0.3 is 21.1 Å². The van der Waals surface area contributed by atoms with E-state index in [0.717, 1.165) is 0 Å². The highest BCUT2D eigenvalue weighted by molar-refractivity contribution is 8.01. The highest BCUT2D eigenvalue weighted by Crippen LogP contribution is 2.41. The molecule has 37 heavy (non-hydrogen) atoms. The minimum Gasteiger partial charge on any atom is -0.477 e. The van der Waals surface area contributed by atoms with Gasteiger partial charge in [0.1, 0.15) is 29.2 Å². The molecule has 0 bridgehead atoms. The van der Waals surface area contributed by atoms with Crippen LogP contribution in [-0.4, -0.2) is 83.0 Å². The molecule has 17 heteroatoms. The van der Waals surface area contributed by atoms with Crippen molar-refractivity contribution in [1.82, 2.24) is 41.1 Å². The van der Waals surface area contributed by atoms with Crippen LogP contribution in [0.1, 0.15) is 17.8 Å². The molecule has 1 fully saturated rings. The molecule has 4 atom stereocenters. The number of thioether (sulfide) groups is 2. The molecular formula is C20H21N9O5S3. The first-order valence-electron chi connectivity index (χ1n) is 10.8.